The summed E-state index contributed by atoms with van der Waals surface area (Å²) >= 11 is 0. The van der Waals surface area contributed by atoms with Crippen molar-refractivity contribution in [1.82, 2.24) is 0 Å². The monoisotopic (exact) mass is 275 g/mol. The van der Waals surface area contributed by atoms with E-state index >= 15 is 0 Å². The molecule has 0 bridgehead atoms. The van der Waals surface area contributed by atoms with Gasteiger partial charge in [-0.3, -0.25) is 0 Å². The third-order valence-corrected chi connectivity index (χ3v) is 3.03. The summed E-state index contributed by atoms with van der Waals surface area (Å²) in [5.41, 5.74) is 2.63. The maximum absolute atomic E-state index is 9.23. The minimum atomic E-state index is -0.266. The Hall–Kier alpha value is -3.28. The van der Waals surface area contributed by atoms with Crippen molar-refractivity contribution >= 4 is 5.69 Å². The van der Waals surface area contributed by atoms with E-state index in [1.807, 2.05) is 19.9 Å². The summed E-state index contributed by atoms with van der Waals surface area (Å²) in [5, 5.41) is 38.7. The van der Waals surface area contributed by atoms with Crippen LogP contribution in [-0.2, 0) is 12.8 Å². The topological polar surface area (TPSA) is 107 Å². The Kier molecular flexibility index (Phi) is 5.52. The van der Waals surface area contributed by atoms with Crippen molar-refractivity contribution in [2.75, 3.05) is 5.32 Å². The van der Waals surface area contributed by atoms with Crippen molar-refractivity contribution in [3.8, 4) is 24.3 Å². The SMILES string of the molecule is CCc1cc(NC(C#N)=C(C#N)C#N)cc(CC)c1C#N. The van der Waals surface area contributed by atoms with E-state index < -0.39 is 0 Å². The quantitative estimate of drug-likeness (QED) is 0.850. The standard InChI is InChI=1S/C16H13N5/c1-3-11-5-14(6-12(4-2)15(11)9-19)21-16(10-20)13(7-17)8-18/h5-6,21H,3-4H2,1-2H3. The number of nitrogens with one attached hydrogen (secondary N) is 1. The Labute approximate surface area is 124 Å². The molecular formula is C16H13N5. The molecule has 0 aliphatic heterocycles. The molecule has 0 radical (unpaired) electrons. The number of aryl methyl sites for hydroxylation is 2. The summed E-state index contributed by atoms with van der Waals surface area (Å²) < 4.78 is 0. The average molecular weight is 275 g/mol. The third kappa shape index (κ3) is 3.38. The number of allylic oxidation sites excluding steroid dienone is 2. The molecule has 0 unspecified atom stereocenters. The fraction of sp³-hybridized carbons (Fsp3) is 0.250. The smallest absolute Gasteiger partial charge is 0.163 e. The molecule has 0 aromatic heterocycles. The van der Waals surface area contributed by atoms with E-state index in [-0.39, 0.29) is 11.3 Å². The van der Waals surface area contributed by atoms with Gasteiger partial charge in [0.2, 0.25) is 0 Å². The molecule has 0 aliphatic rings. The first-order valence-corrected chi connectivity index (χ1v) is 6.42. The van der Waals surface area contributed by atoms with Gasteiger partial charge in [0.15, 0.2) is 5.57 Å². The zero-order chi connectivity index (χ0) is 15.8. The largest absolute Gasteiger partial charge is 0.345 e. The molecule has 5 heteroatoms. The van der Waals surface area contributed by atoms with Crippen LogP contribution in [0.1, 0.15) is 30.5 Å². The van der Waals surface area contributed by atoms with Crippen LogP contribution in [0.4, 0.5) is 5.69 Å². The second kappa shape index (κ2) is 7.34. The molecule has 0 spiro atoms. The highest BCUT2D eigenvalue weighted by Crippen LogP contribution is 2.23. The molecule has 21 heavy (non-hydrogen) atoms. The van der Waals surface area contributed by atoms with Gasteiger partial charge in [0, 0.05) is 5.69 Å². The highest BCUT2D eigenvalue weighted by Gasteiger charge is 2.11. The van der Waals surface area contributed by atoms with Crippen molar-refractivity contribution < 1.29 is 0 Å². The maximum atomic E-state index is 9.23. The molecule has 0 aliphatic carbocycles. The zero-order valence-electron chi connectivity index (χ0n) is 11.9. The lowest BCUT2D eigenvalue weighted by molar-refractivity contribution is 1.07. The van der Waals surface area contributed by atoms with Crippen molar-refractivity contribution in [2.45, 2.75) is 26.7 Å². The fourth-order valence-corrected chi connectivity index (χ4v) is 1.97. The molecule has 1 aromatic carbocycles. The van der Waals surface area contributed by atoms with Crippen LogP contribution < -0.4 is 5.32 Å². The second-order valence-corrected chi connectivity index (χ2v) is 4.20. The van der Waals surface area contributed by atoms with Crippen molar-refractivity contribution in [1.29, 1.82) is 21.0 Å². The summed E-state index contributed by atoms with van der Waals surface area (Å²) in [5.74, 6) is 0. The number of hydrogen-bond acceptors (Lipinski definition) is 5. The van der Waals surface area contributed by atoms with Gasteiger partial charge < -0.3 is 5.32 Å². The van der Waals surface area contributed by atoms with Gasteiger partial charge in [-0.1, -0.05) is 13.8 Å². The number of nitrogens with zero attached hydrogens (tertiary/aromatic N) is 4. The van der Waals surface area contributed by atoms with Gasteiger partial charge in [-0.2, -0.15) is 21.0 Å². The summed E-state index contributed by atoms with van der Waals surface area (Å²) in [6.07, 6.45) is 1.36. The number of anilines is 1. The van der Waals surface area contributed by atoms with Crippen LogP contribution in [0.25, 0.3) is 0 Å². The molecule has 1 N–H and O–H groups in total. The van der Waals surface area contributed by atoms with E-state index in [1.54, 1.807) is 24.3 Å². The van der Waals surface area contributed by atoms with Crippen LogP contribution in [0.3, 0.4) is 0 Å². The van der Waals surface area contributed by atoms with Gasteiger partial charge >= 0.3 is 0 Å². The molecule has 1 aromatic rings. The minimum absolute atomic E-state index is 0.0891. The average Bonchev–Trinajstić information content (AvgIpc) is 2.53. The predicted molar refractivity (Wildman–Crippen MR) is 77.4 cm³/mol. The lowest BCUT2D eigenvalue weighted by atomic mass is 9.97. The van der Waals surface area contributed by atoms with Crippen LogP contribution in [0, 0.1) is 45.3 Å². The Morgan fingerprint density at radius 1 is 0.952 bits per heavy atom. The fourth-order valence-electron chi connectivity index (χ4n) is 1.97. The maximum Gasteiger partial charge on any atom is 0.163 e. The van der Waals surface area contributed by atoms with Gasteiger partial charge in [0.05, 0.1) is 11.6 Å². The summed E-state index contributed by atoms with van der Waals surface area (Å²) in [7, 11) is 0. The van der Waals surface area contributed by atoms with Crippen LogP contribution >= 0.6 is 0 Å². The lowest BCUT2D eigenvalue weighted by Gasteiger charge is -2.12. The molecule has 5 nitrogen and oxygen atoms in total. The molecule has 0 atom stereocenters. The Bertz CT molecular complexity index is 704. The molecule has 0 heterocycles. The first kappa shape index (κ1) is 15.8. The van der Waals surface area contributed by atoms with Crippen LogP contribution in [0.15, 0.2) is 23.4 Å². The highest BCUT2D eigenvalue weighted by molar-refractivity contribution is 5.63. The summed E-state index contributed by atoms with van der Waals surface area (Å²) in [6.45, 7) is 3.88. The predicted octanol–water partition coefficient (Wildman–Crippen LogP) is 2.92. The van der Waals surface area contributed by atoms with Crippen LogP contribution in [-0.4, -0.2) is 0 Å². The number of hydrogen-bond donors (Lipinski definition) is 1. The van der Waals surface area contributed by atoms with Gasteiger partial charge in [0.25, 0.3) is 0 Å². The van der Waals surface area contributed by atoms with Gasteiger partial charge in [-0.15, -0.1) is 0 Å². The van der Waals surface area contributed by atoms with E-state index in [4.69, 9.17) is 15.8 Å². The number of nitriles is 4. The van der Waals surface area contributed by atoms with E-state index in [2.05, 4.69) is 11.4 Å². The van der Waals surface area contributed by atoms with E-state index in [0.717, 1.165) is 11.1 Å². The van der Waals surface area contributed by atoms with Crippen LogP contribution in [0.2, 0.25) is 0 Å². The number of benzene rings is 1. The highest BCUT2D eigenvalue weighted by atomic mass is 14.9. The molecule has 0 amide bonds. The minimum Gasteiger partial charge on any atom is -0.345 e. The molecule has 0 fully saturated rings. The Balaban J connectivity index is 3.39. The molecule has 1 rings (SSSR count). The van der Waals surface area contributed by atoms with Gasteiger partial charge in [0.1, 0.15) is 23.9 Å². The van der Waals surface area contributed by atoms with Crippen molar-refractivity contribution in [3.05, 3.63) is 40.1 Å². The Morgan fingerprint density at radius 3 is 1.81 bits per heavy atom. The summed E-state index contributed by atoms with van der Waals surface area (Å²) in [6, 6.07) is 10.9. The Morgan fingerprint density at radius 2 is 1.48 bits per heavy atom. The normalized spacial score (nSPS) is 8.67. The molecular weight excluding hydrogens is 262 g/mol. The van der Waals surface area contributed by atoms with E-state index in [0.29, 0.717) is 24.1 Å². The second-order valence-electron chi connectivity index (χ2n) is 4.20. The van der Waals surface area contributed by atoms with Crippen LogP contribution in [0.5, 0.6) is 0 Å². The van der Waals surface area contributed by atoms with Gasteiger partial charge in [-0.05, 0) is 36.1 Å². The van der Waals surface area contributed by atoms with E-state index in [9.17, 15) is 5.26 Å². The van der Waals surface area contributed by atoms with E-state index in [1.165, 1.54) is 0 Å². The van der Waals surface area contributed by atoms with Crippen molar-refractivity contribution in [3.63, 3.8) is 0 Å². The molecule has 0 saturated heterocycles. The first-order chi connectivity index (χ1) is 10.1. The van der Waals surface area contributed by atoms with Gasteiger partial charge in [-0.25, -0.2) is 0 Å². The number of rotatable bonds is 4. The third-order valence-electron chi connectivity index (χ3n) is 3.03. The first-order valence-electron chi connectivity index (χ1n) is 6.42. The lowest BCUT2D eigenvalue weighted by Crippen LogP contribution is -2.04. The summed E-state index contributed by atoms with van der Waals surface area (Å²) in [4.78, 5) is 0. The molecule has 102 valence electrons. The zero-order valence-corrected chi connectivity index (χ0v) is 11.9. The van der Waals surface area contributed by atoms with Crippen molar-refractivity contribution in [2.24, 2.45) is 0 Å². The molecule has 0 saturated carbocycles.